The first kappa shape index (κ1) is 29.7. The van der Waals surface area contributed by atoms with Crippen molar-refractivity contribution in [2.24, 2.45) is 0 Å². The quantitative estimate of drug-likeness (QED) is 0.294. The van der Waals surface area contributed by atoms with Crippen LogP contribution in [0.15, 0.2) is 34.7 Å². The molecule has 1 aliphatic heterocycles. The Morgan fingerprint density at radius 2 is 1.83 bits per heavy atom. The van der Waals surface area contributed by atoms with Crippen LogP contribution in [0.5, 0.6) is 0 Å². The van der Waals surface area contributed by atoms with Crippen LogP contribution in [-0.2, 0) is 10.3 Å². The number of carbonyl (C=O) groups excluding carboxylic acids is 2. The van der Waals surface area contributed by atoms with E-state index in [0.717, 1.165) is 0 Å². The predicted octanol–water partition coefficient (Wildman–Crippen LogP) is 7.30. The molecule has 2 aliphatic rings. The molecule has 1 saturated heterocycles. The minimum Gasteiger partial charge on any atom is -0.449 e. The lowest BCUT2D eigenvalue weighted by molar-refractivity contribution is -0.112. The number of benzene rings is 1. The van der Waals surface area contributed by atoms with Crippen molar-refractivity contribution in [3.8, 4) is 11.3 Å². The van der Waals surface area contributed by atoms with E-state index in [4.69, 9.17) is 27.3 Å². The zero-order valence-corrected chi connectivity index (χ0v) is 24.6. The highest BCUT2D eigenvalue weighted by atomic mass is 35.5. The Hall–Kier alpha value is -3.78. The van der Waals surface area contributed by atoms with Crippen molar-refractivity contribution in [2.75, 3.05) is 19.6 Å². The number of ether oxygens (including phenoxy) is 1. The average Bonchev–Trinajstić information content (AvgIpc) is 3.30. The first-order valence-electron chi connectivity index (χ1n) is 13.4. The number of furan rings is 1. The van der Waals surface area contributed by atoms with Crippen LogP contribution < -0.4 is 0 Å². The van der Waals surface area contributed by atoms with Crippen LogP contribution >= 0.6 is 11.6 Å². The second-order valence-corrected chi connectivity index (χ2v) is 12.9. The Bertz CT molecular complexity index is 1630. The van der Waals surface area contributed by atoms with Gasteiger partial charge in [0.15, 0.2) is 11.3 Å². The van der Waals surface area contributed by atoms with Crippen molar-refractivity contribution in [3.05, 3.63) is 63.9 Å². The summed E-state index contributed by atoms with van der Waals surface area (Å²) in [5.41, 5.74) is -2.15. The molecule has 1 saturated carbocycles. The molecule has 0 N–H and O–H groups in total. The maximum absolute atomic E-state index is 14.3. The molecule has 0 bridgehead atoms. The van der Waals surface area contributed by atoms with Gasteiger partial charge in [-0.25, -0.2) is 29.5 Å². The summed E-state index contributed by atoms with van der Waals surface area (Å²) in [7, 11) is 0. The molecule has 0 atom stereocenters. The minimum absolute atomic E-state index is 0.0493. The van der Waals surface area contributed by atoms with Gasteiger partial charge in [-0.15, -0.1) is 0 Å². The molecule has 3 heterocycles. The van der Waals surface area contributed by atoms with E-state index in [1.165, 1.54) is 30.3 Å². The van der Waals surface area contributed by atoms with Crippen molar-refractivity contribution >= 4 is 34.7 Å². The molecular formula is C30H30ClF3N4O4. The Labute approximate surface area is 246 Å². The Morgan fingerprint density at radius 3 is 2.40 bits per heavy atom. The molecule has 2 fully saturated rings. The summed E-state index contributed by atoms with van der Waals surface area (Å²) in [5, 5.41) is -0.0955. The number of aromatic nitrogens is 1. The first-order valence-corrected chi connectivity index (χ1v) is 13.8. The molecule has 1 aromatic carbocycles. The third kappa shape index (κ3) is 5.40. The van der Waals surface area contributed by atoms with E-state index < -0.39 is 53.3 Å². The van der Waals surface area contributed by atoms with Gasteiger partial charge in [-0.3, -0.25) is 4.79 Å². The summed E-state index contributed by atoms with van der Waals surface area (Å²) < 4.78 is 54.0. The predicted molar refractivity (Wildman–Crippen MR) is 150 cm³/mol. The molecule has 2 aromatic heterocycles. The highest BCUT2D eigenvalue weighted by molar-refractivity contribution is 6.30. The summed E-state index contributed by atoms with van der Waals surface area (Å²) in [5.74, 6) is -4.30. The summed E-state index contributed by atoms with van der Waals surface area (Å²) >= 11 is 5.84. The van der Waals surface area contributed by atoms with Crippen molar-refractivity contribution < 1.29 is 31.9 Å². The normalized spacial score (nSPS) is 19.2. The number of piperazine rings is 1. The monoisotopic (exact) mass is 602 g/mol. The maximum atomic E-state index is 14.3. The van der Waals surface area contributed by atoms with Gasteiger partial charge < -0.3 is 23.8 Å². The van der Waals surface area contributed by atoms with Gasteiger partial charge in [-0.1, -0.05) is 17.7 Å². The summed E-state index contributed by atoms with van der Waals surface area (Å²) in [6.07, 6.45) is -1.92. The first-order chi connectivity index (χ1) is 19.4. The third-order valence-electron chi connectivity index (χ3n) is 7.52. The van der Waals surface area contributed by atoms with E-state index in [2.05, 4.69) is 9.83 Å². The lowest BCUT2D eigenvalue weighted by atomic mass is 9.69. The molecule has 8 nitrogen and oxygen atoms in total. The number of alkyl halides is 2. The van der Waals surface area contributed by atoms with Crippen LogP contribution in [0.25, 0.3) is 27.2 Å². The second kappa shape index (κ2) is 9.90. The molecule has 5 rings (SSSR count). The van der Waals surface area contributed by atoms with Gasteiger partial charge >= 0.3 is 6.09 Å². The lowest BCUT2D eigenvalue weighted by Gasteiger charge is -2.46. The third-order valence-corrected chi connectivity index (χ3v) is 7.83. The number of nitrogens with zero attached hydrogens (tertiary/aromatic N) is 4. The molecule has 3 aromatic rings. The Morgan fingerprint density at radius 1 is 1.14 bits per heavy atom. The topological polar surface area (TPSA) is 80.2 Å². The number of halogens is 4. The smallest absolute Gasteiger partial charge is 0.410 e. The van der Waals surface area contributed by atoms with Crippen molar-refractivity contribution in [1.29, 1.82) is 0 Å². The van der Waals surface area contributed by atoms with Gasteiger partial charge in [0.05, 0.1) is 34.7 Å². The average molecular weight is 603 g/mol. The molecule has 42 heavy (non-hydrogen) atoms. The van der Waals surface area contributed by atoms with Gasteiger partial charge in [0.2, 0.25) is 0 Å². The van der Waals surface area contributed by atoms with Crippen LogP contribution in [-0.4, -0.2) is 63.5 Å². The van der Waals surface area contributed by atoms with Crippen LogP contribution in [0.3, 0.4) is 0 Å². The largest absolute Gasteiger partial charge is 0.449 e. The number of pyridine rings is 1. The highest BCUT2D eigenvalue weighted by Gasteiger charge is 2.65. The fraction of sp³-hybridized carbons (Fsp3) is 0.467. The zero-order chi connectivity index (χ0) is 30.8. The van der Waals surface area contributed by atoms with Crippen LogP contribution in [0.4, 0.5) is 18.0 Å². The van der Waals surface area contributed by atoms with Crippen molar-refractivity contribution in [2.45, 2.75) is 70.1 Å². The van der Waals surface area contributed by atoms with E-state index in [0.29, 0.717) is 5.56 Å². The van der Waals surface area contributed by atoms with Gasteiger partial charge in [-0.05, 0) is 52.8 Å². The highest BCUT2D eigenvalue weighted by Crippen LogP contribution is 2.56. The fourth-order valence-corrected chi connectivity index (χ4v) is 5.67. The van der Waals surface area contributed by atoms with E-state index >= 15 is 0 Å². The zero-order valence-electron chi connectivity index (χ0n) is 23.9. The number of rotatable bonds is 3. The van der Waals surface area contributed by atoms with E-state index in [1.807, 2.05) is 13.8 Å². The fourth-order valence-electron chi connectivity index (χ4n) is 5.56. The van der Waals surface area contributed by atoms with Gasteiger partial charge in [0.1, 0.15) is 16.9 Å². The van der Waals surface area contributed by atoms with E-state index in [9.17, 15) is 22.8 Å². The molecule has 2 amide bonds. The standard InChI is InChI=1S/C30H30ClF3N4O4/c1-27(2,3)42-26(40)37-9-10-38(28(4,5)16-37)25(39)23-13-22-24(41-23)18(29(35-6)14-30(33,34)15-29)12-21(36-22)17-7-8-19(31)20(32)11-17/h7-8,11-13H,9-10,14-16H2,1-5H3. The number of fused-ring (bicyclic) bond motifs is 1. The van der Waals surface area contributed by atoms with Gasteiger partial charge in [0.25, 0.3) is 17.4 Å². The number of hydrogen-bond donors (Lipinski definition) is 0. The van der Waals surface area contributed by atoms with E-state index in [1.54, 1.807) is 30.6 Å². The van der Waals surface area contributed by atoms with Crippen LogP contribution in [0.2, 0.25) is 5.02 Å². The number of amides is 2. The Kier molecular flexibility index (Phi) is 7.00. The summed E-state index contributed by atoms with van der Waals surface area (Å²) in [6.45, 7) is 17.4. The van der Waals surface area contributed by atoms with Gasteiger partial charge in [0, 0.05) is 31.3 Å². The number of hydrogen-bond acceptors (Lipinski definition) is 5. The van der Waals surface area contributed by atoms with Crippen molar-refractivity contribution in [3.63, 3.8) is 0 Å². The maximum Gasteiger partial charge on any atom is 0.410 e. The van der Waals surface area contributed by atoms with Crippen LogP contribution in [0, 0.1) is 12.4 Å². The SMILES string of the molecule is [C-]#[N+]C1(c2cc(-c3ccc(Cl)c(F)c3)nc3cc(C(=O)N4CCN(C(=O)OC(C)(C)C)CC4(C)C)oc23)CC(F)(F)C1. The minimum atomic E-state index is -3.03. The van der Waals surface area contributed by atoms with E-state index in [-0.39, 0.29) is 52.8 Å². The lowest BCUT2D eigenvalue weighted by Crippen LogP contribution is -2.62. The molecular weight excluding hydrogens is 573 g/mol. The molecule has 0 unspecified atom stereocenters. The second-order valence-electron chi connectivity index (χ2n) is 12.5. The van der Waals surface area contributed by atoms with Crippen molar-refractivity contribution in [1.82, 2.24) is 14.8 Å². The van der Waals surface area contributed by atoms with Gasteiger partial charge in [-0.2, -0.15) is 0 Å². The van der Waals surface area contributed by atoms with Crippen LogP contribution in [0.1, 0.15) is 63.6 Å². The molecule has 0 spiro atoms. The molecule has 12 heteroatoms. The molecule has 1 aliphatic carbocycles. The molecule has 222 valence electrons. The Balaban J connectivity index is 1.53. The number of carbonyl (C=O) groups is 2. The molecule has 0 radical (unpaired) electrons. The summed E-state index contributed by atoms with van der Waals surface area (Å²) in [6, 6.07) is 6.89. The summed E-state index contributed by atoms with van der Waals surface area (Å²) in [4.78, 5) is 37.6.